The van der Waals surface area contributed by atoms with Crippen LogP contribution in [0.1, 0.15) is 16.7 Å². The van der Waals surface area contributed by atoms with Gasteiger partial charge in [0.1, 0.15) is 0 Å². The van der Waals surface area contributed by atoms with E-state index in [1.165, 1.54) is 10.5 Å². The fourth-order valence-electron chi connectivity index (χ4n) is 2.30. The van der Waals surface area contributed by atoms with Gasteiger partial charge in [-0.3, -0.25) is 4.79 Å². The van der Waals surface area contributed by atoms with Crippen LogP contribution >= 0.6 is 0 Å². The number of ether oxygens (including phenoxy) is 1. The van der Waals surface area contributed by atoms with E-state index in [2.05, 4.69) is 0 Å². The molecular weight excluding hydrogens is 258 g/mol. The number of hydrogen-bond donors (Lipinski definition) is 1. The van der Waals surface area contributed by atoms with E-state index in [1.807, 2.05) is 32.0 Å². The van der Waals surface area contributed by atoms with Gasteiger partial charge in [0.25, 0.3) is 0 Å². The second-order valence-corrected chi connectivity index (χ2v) is 5.11. The monoisotopic (exact) mass is 277 g/mol. The highest BCUT2D eigenvalue weighted by Gasteiger charge is 2.32. The van der Waals surface area contributed by atoms with E-state index in [1.54, 1.807) is 0 Å². The standard InChI is InChI=1S/C15H19NO4/c1-10-3-4-12(7-11(10)2)8-14(17)16-5-6-20-9-13(16)15(18)19/h3-4,7,13H,5-6,8-9H2,1-2H3,(H,18,19). The summed E-state index contributed by atoms with van der Waals surface area (Å²) in [5, 5.41) is 9.13. The highest BCUT2D eigenvalue weighted by Crippen LogP contribution is 2.14. The van der Waals surface area contributed by atoms with Gasteiger partial charge in [0.15, 0.2) is 6.04 Å². The Bertz CT molecular complexity index is 527. The zero-order chi connectivity index (χ0) is 14.7. The summed E-state index contributed by atoms with van der Waals surface area (Å²) in [4.78, 5) is 24.8. The third kappa shape index (κ3) is 3.17. The summed E-state index contributed by atoms with van der Waals surface area (Å²) in [6.07, 6.45) is 0.227. The van der Waals surface area contributed by atoms with Crippen molar-refractivity contribution < 1.29 is 19.4 Å². The number of carbonyl (C=O) groups excluding carboxylic acids is 1. The maximum Gasteiger partial charge on any atom is 0.328 e. The number of carboxylic acid groups (broad SMARTS) is 1. The molecule has 1 N–H and O–H groups in total. The van der Waals surface area contributed by atoms with E-state index >= 15 is 0 Å². The second-order valence-electron chi connectivity index (χ2n) is 5.11. The van der Waals surface area contributed by atoms with E-state index in [0.29, 0.717) is 13.2 Å². The summed E-state index contributed by atoms with van der Waals surface area (Å²) in [5.74, 6) is -1.18. The Kier molecular flexibility index (Phi) is 4.39. The van der Waals surface area contributed by atoms with Gasteiger partial charge in [-0.1, -0.05) is 18.2 Å². The molecule has 0 saturated carbocycles. The van der Waals surface area contributed by atoms with Crippen molar-refractivity contribution in [2.24, 2.45) is 0 Å². The molecule has 1 saturated heterocycles. The SMILES string of the molecule is Cc1ccc(CC(=O)N2CCOCC2C(=O)O)cc1C. The minimum Gasteiger partial charge on any atom is -0.480 e. The summed E-state index contributed by atoms with van der Waals surface area (Å²) in [6, 6.07) is 4.99. The Balaban J connectivity index is 2.09. The number of aliphatic carboxylic acids is 1. The fourth-order valence-corrected chi connectivity index (χ4v) is 2.30. The number of benzene rings is 1. The Morgan fingerprint density at radius 3 is 2.75 bits per heavy atom. The zero-order valence-electron chi connectivity index (χ0n) is 11.8. The number of nitrogens with zero attached hydrogens (tertiary/aromatic N) is 1. The predicted octanol–water partition coefficient (Wildman–Crippen LogP) is 1.16. The number of hydrogen-bond acceptors (Lipinski definition) is 3. The molecule has 2 rings (SSSR count). The Hall–Kier alpha value is -1.88. The van der Waals surface area contributed by atoms with Gasteiger partial charge in [0.2, 0.25) is 5.91 Å². The van der Waals surface area contributed by atoms with Crippen LogP contribution in [-0.4, -0.2) is 47.7 Å². The lowest BCUT2D eigenvalue weighted by atomic mass is 10.0. The summed E-state index contributed by atoms with van der Waals surface area (Å²) in [6.45, 7) is 4.80. The van der Waals surface area contributed by atoms with Gasteiger partial charge in [-0.2, -0.15) is 0 Å². The Morgan fingerprint density at radius 1 is 1.35 bits per heavy atom. The maximum absolute atomic E-state index is 12.3. The van der Waals surface area contributed by atoms with Gasteiger partial charge in [0.05, 0.1) is 19.6 Å². The van der Waals surface area contributed by atoms with Crippen LogP contribution in [0.25, 0.3) is 0 Å². The van der Waals surface area contributed by atoms with Crippen molar-refractivity contribution in [1.29, 1.82) is 0 Å². The number of rotatable bonds is 3. The summed E-state index contributed by atoms with van der Waals surface area (Å²) >= 11 is 0. The predicted molar refractivity (Wildman–Crippen MR) is 73.6 cm³/mol. The van der Waals surface area contributed by atoms with Gasteiger partial charge in [-0.15, -0.1) is 0 Å². The van der Waals surface area contributed by atoms with Gasteiger partial charge in [-0.05, 0) is 30.5 Å². The van der Waals surface area contributed by atoms with E-state index in [0.717, 1.165) is 11.1 Å². The van der Waals surface area contributed by atoms with Crippen LogP contribution < -0.4 is 0 Å². The molecule has 1 fully saturated rings. The third-order valence-electron chi connectivity index (χ3n) is 3.66. The molecular formula is C15H19NO4. The average molecular weight is 277 g/mol. The van der Waals surface area contributed by atoms with E-state index in [9.17, 15) is 9.59 Å². The molecule has 0 aliphatic carbocycles. The van der Waals surface area contributed by atoms with E-state index in [4.69, 9.17) is 9.84 Å². The lowest BCUT2D eigenvalue weighted by molar-refractivity contribution is -0.158. The topological polar surface area (TPSA) is 66.8 Å². The van der Waals surface area contributed by atoms with Gasteiger partial charge in [-0.25, -0.2) is 4.79 Å². The zero-order valence-corrected chi connectivity index (χ0v) is 11.8. The molecule has 0 bridgehead atoms. The van der Waals surface area contributed by atoms with Crippen LogP contribution in [0, 0.1) is 13.8 Å². The molecule has 1 amide bonds. The summed E-state index contributed by atoms with van der Waals surface area (Å²) in [5.41, 5.74) is 3.22. The molecule has 0 spiro atoms. The highest BCUT2D eigenvalue weighted by molar-refractivity contribution is 5.85. The molecule has 0 radical (unpaired) electrons. The molecule has 5 heteroatoms. The second kappa shape index (κ2) is 6.05. The van der Waals surface area contributed by atoms with Gasteiger partial charge < -0.3 is 14.7 Å². The molecule has 1 aromatic carbocycles. The first kappa shape index (κ1) is 14.5. The van der Waals surface area contributed by atoms with Crippen LogP contribution in [0.3, 0.4) is 0 Å². The highest BCUT2D eigenvalue weighted by atomic mass is 16.5. The molecule has 1 aliphatic heterocycles. The van der Waals surface area contributed by atoms with Crippen molar-refractivity contribution in [2.45, 2.75) is 26.3 Å². The molecule has 108 valence electrons. The van der Waals surface area contributed by atoms with Crippen LogP contribution in [0.15, 0.2) is 18.2 Å². The first-order valence-electron chi connectivity index (χ1n) is 6.65. The first-order chi connectivity index (χ1) is 9.49. The lowest BCUT2D eigenvalue weighted by Gasteiger charge is -2.33. The molecule has 5 nitrogen and oxygen atoms in total. The minimum atomic E-state index is -1.02. The minimum absolute atomic E-state index is 0.0635. The summed E-state index contributed by atoms with van der Waals surface area (Å²) < 4.78 is 5.13. The molecule has 1 atom stereocenters. The quantitative estimate of drug-likeness (QED) is 0.900. The molecule has 1 heterocycles. The Labute approximate surface area is 118 Å². The van der Waals surface area contributed by atoms with Crippen LogP contribution in [0.4, 0.5) is 0 Å². The summed E-state index contributed by atoms with van der Waals surface area (Å²) in [7, 11) is 0. The van der Waals surface area contributed by atoms with Crippen LogP contribution in [-0.2, 0) is 20.7 Å². The van der Waals surface area contributed by atoms with Crippen LogP contribution in [0.2, 0.25) is 0 Å². The van der Waals surface area contributed by atoms with Crippen molar-refractivity contribution in [3.05, 3.63) is 34.9 Å². The van der Waals surface area contributed by atoms with E-state index in [-0.39, 0.29) is 18.9 Å². The van der Waals surface area contributed by atoms with Crippen molar-refractivity contribution in [1.82, 2.24) is 4.90 Å². The van der Waals surface area contributed by atoms with Crippen molar-refractivity contribution >= 4 is 11.9 Å². The third-order valence-corrected chi connectivity index (χ3v) is 3.66. The number of carbonyl (C=O) groups is 2. The molecule has 1 unspecified atom stereocenters. The number of carboxylic acids is 1. The molecule has 0 aromatic heterocycles. The Morgan fingerprint density at radius 2 is 2.10 bits per heavy atom. The lowest BCUT2D eigenvalue weighted by Crippen LogP contribution is -2.53. The van der Waals surface area contributed by atoms with Gasteiger partial charge in [0, 0.05) is 6.54 Å². The number of morpholine rings is 1. The molecule has 20 heavy (non-hydrogen) atoms. The van der Waals surface area contributed by atoms with E-state index < -0.39 is 12.0 Å². The maximum atomic E-state index is 12.3. The largest absolute Gasteiger partial charge is 0.480 e. The van der Waals surface area contributed by atoms with Gasteiger partial charge >= 0.3 is 5.97 Å². The normalized spacial score (nSPS) is 18.9. The fraction of sp³-hybridized carbons (Fsp3) is 0.467. The molecule has 1 aliphatic rings. The smallest absolute Gasteiger partial charge is 0.328 e. The van der Waals surface area contributed by atoms with Crippen molar-refractivity contribution in [3.8, 4) is 0 Å². The van der Waals surface area contributed by atoms with Crippen molar-refractivity contribution in [3.63, 3.8) is 0 Å². The molecule has 1 aromatic rings. The van der Waals surface area contributed by atoms with Crippen molar-refractivity contribution in [2.75, 3.05) is 19.8 Å². The first-order valence-corrected chi connectivity index (χ1v) is 6.65. The van der Waals surface area contributed by atoms with Crippen LogP contribution in [0.5, 0.6) is 0 Å². The average Bonchev–Trinajstić information content (AvgIpc) is 2.43. The number of aryl methyl sites for hydroxylation is 2. The number of amides is 1.